The monoisotopic (exact) mass is 332 g/mol. The number of nitrogens with zero attached hydrogens (tertiary/aromatic N) is 1. The minimum atomic E-state index is -0.539. The van der Waals surface area contributed by atoms with E-state index in [0.29, 0.717) is 13.0 Å². The van der Waals surface area contributed by atoms with E-state index in [0.717, 1.165) is 6.07 Å². The molecule has 7 heteroatoms. The molecule has 0 spiro atoms. The molecule has 2 rings (SSSR count). The van der Waals surface area contributed by atoms with Crippen LogP contribution in [-0.4, -0.2) is 23.2 Å². The maximum atomic E-state index is 13.6. The summed E-state index contributed by atoms with van der Waals surface area (Å²) in [6.45, 7) is 4.38. The third kappa shape index (κ3) is 2.71. The van der Waals surface area contributed by atoms with Gasteiger partial charge in [0.15, 0.2) is 0 Å². The van der Waals surface area contributed by atoms with Crippen LogP contribution < -0.4 is 5.32 Å². The lowest BCUT2D eigenvalue weighted by Gasteiger charge is -2.29. The van der Waals surface area contributed by atoms with Gasteiger partial charge in [-0.25, -0.2) is 4.39 Å². The van der Waals surface area contributed by atoms with Crippen molar-refractivity contribution >= 4 is 27.3 Å². The first-order chi connectivity index (χ1) is 8.83. The van der Waals surface area contributed by atoms with Crippen LogP contribution in [0.3, 0.4) is 0 Å². The van der Waals surface area contributed by atoms with E-state index < -0.39 is 16.3 Å². The summed E-state index contributed by atoms with van der Waals surface area (Å²) >= 11 is 2.95. The first kappa shape index (κ1) is 14.2. The van der Waals surface area contributed by atoms with E-state index in [2.05, 4.69) is 21.2 Å². The van der Waals surface area contributed by atoms with Gasteiger partial charge in [0, 0.05) is 18.7 Å². The number of nitrogens with one attached hydrogen (secondary N) is 1. The van der Waals surface area contributed by atoms with Crippen molar-refractivity contribution in [2.45, 2.75) is 31.9 Å². The summed E-state index contributed by atoms with van der Waals surface area (Å²) in [7, 11) is 0. The molecule has 2 atom stereocenters. The lowest BCUT2D eigenvalue weighted by molar-refractivity contribution is -0.384. The molecule has 104 valence electrons. The molecule has 0 bridgehead atoms. The molecule has 1 aliphatic rings. The first-order valence-electron chi connectivity index (χ1n) is 5.87. The van der Waals surface area contributed by atoms with Crippen molar-refractivity contribution in [3.63, 3.8) is 0 Å². The molecule has 0 saturated carbocycles. The van der Waals surface area contributed by atoms with E-state index in [1.165, 1.54) is 6.07 Å². The molecule has 1 saturated heterocycles. The lowest BCUT2D eigenvalue weighted by Crippen LogP contribution is -2.41. The van der Waals surface area contributed by atoms with Crippen LogP contribution in [0.5, 0.6) is 0 Å². The third-order valence-corrected chi connectivity index (χ3v) is 4.15. The van der Waals surface area contributed by atoms with Crippen LogP contribution in [0, 0.1) is 15.9 Å². The number of nitro groups is 1. The van der Waals surface area contributed by atoms with Gasteiger partial charge in [-0.05, 0) is 36.2 Å². The van der Waals surface area contributed by atoms with Crippen LogP contribution in [0.1, 0.15) is 20.3 Å². The molecule has 1 fully saturated rings. The van der Waals surface area contributed by atoms with Crippen molar-refractivity contribution < 1.29 is 14.1 Å². The van der Waals surface area contributed by atoms with Crippen molar-refractivity contribution in [1.29, 1.82) is 0 Å². The summed E-state index contributed by atoms with van der Waals surface area (Å²) in [4.78, 5) is 10.5. The summed E-state index contributed by atoms with van der Waals surface area (Å²) in [5, 5.41) is 14.1. The quantitative estimate of drug-likeness (QED) is 0.679. The summed E-state index contributed by atoms with van der Waals surface area (Å²) in [5.41, 5.74) is -0.426. The molecule has 5 nitrogen and oxygen atoms in total. The molecule has 1 aromatic rings. The van der Waals surface area contributed by atoms with Crippen LogP contribution in [0.2, 0.25) is 0 Å². The van der Waals surface area contributed by atoms with Crippen LogP contribution >= 0.6 is 15.9 Å². The zero-order valence-electron chi connectivity index (χ0n) is 10.6. The van der Waals surface area contributed by atoms with Gasteiger partial charge in [0.2, 0.25) is 0 Å². The second-order valence-electron chi connectivity index (χ2n) is 4.85. The highest BCUT2D eigenvalue weighted by atomic mass is 79.9. The molecule has 2 unspecified atom stereocenters. The largest absolute Gasteiger partial charge is 0.376 e. The Morgan fingerprint density at radius 2 is 2.32 bits per heavy atom. The molecule has 1 aromatic carbocycles. The van der Waals surface area contributed by atoms with E-state index in [1.54, 1.807) is 0 Å². The summed E-state index contributed by atoms with van der Waals surface area (Å²) < 4.78 is 19.1. The highest BCUT2D eigenvalue weighted by Crippen LogP contribution is 2.36. The Morgan fingerprint density at radius 1 is 1.63 bits per heavy atom. The van der Waals surface area contributed by atoms with Crippen molar-refractivity contribution in [1.82, 2.24) is 0 Å². The second-order valence-corrected chi connectivity index (χ2v) is 5.70. The maximum absolute atomic E-state index is 13.6. The highest BCUT2D eigenvalue weighted by molar-refractivity contribution is 9.10. The highest BCUT2D eigenvalue weighted by Gasteiger charge is 2.38. The van der Waals surface area contributed by atoms with Crippen LogP contribution in [0.4, 0.5) is 15.8 Å². The first-order valence-corrected chi connectivity index (χ1v) is 6.66. The summed E-state index contributed by atoms with van der Waals surface area (Å²) in [6.07, 6.45) is 0.613. The normalized spacial score (nSPS) is 26.4. The van der Waals surface area contributed by atoms with E-state index >= 15 is 0 Å². The van der Waals surface area contributed by atoms with Crippen LogP contribution in [0.15, 0.2) is 16.6 Å². The molecule has 19 heavy (non-hydrogen) atoms. The molecule has 1 N–H and O–H groups in total. The van der Waals surface area contributed by atoms with Crippen LogP contribution in [0.25, 0.3) is 0 Å². The van der Waals surface area contributed by atoms with Crippen molar-refractivity contribution in [2.75, 3.05) is 11.9 Å². The van der Waals surface area contributed by atoms with Crippen molar-refractivity contribution in [3.05, 3.63) is 32.5 Å². The standard InChI is InChI=1S/C12H14BrFN2O3/c1-7-12(2,3-4-19-7)15-10-6-9(14)8(13)5-11(10)16(17)18/h5-7,15H,3-4H2,1-2H3. The SMILES string of the molecule is CC1OCCC1(C)Nc1cc(F)c(Br)cc1[N+](=O)[O-]. The molecule has 0 amide bonds. The Balaban J connectivity index is 2.39. The van der Waals surface area contributed by atoms with Gasteiger partial charge >= 0.3 is 0 Å². The van der Waals surface area contributed by atoms with E-state index in [9.17, 15) is 14.5 Å². The fraction of sp³-hybridized carbons (Fsp3) is 0.500. The number of anilines is 1. The fourth-order valence-corrected chi connectivity index (χ4v) is 2.43. The van der Waals surface area contributed by atoms with Gasteiger partial charge in [0.05, 0.1) is 21.0 Å². The molecule has 1 aliphatic heterocycles. The predicted octanol–water partition coefficient (Wildman–Crippen LogP) is 3.48. The Kier molecular flexibility index (Phi) is 3.78. The predicted molar refractivity (Wildman–Crippen MR) is 72.8 cm³/mol. The fourth-order valence-electron chi connectivity index (χ4n) is 2.09. The number of benzene rings is 1. The average molecular weight is 333 g/mol. The molecular weight excluding hydrogens is 319 g/mol. The minimum absolute atomic E-state index is 0.0747. The van der Waals surface area contributed by atoms with E-state index in [4.69, 9.17) is 4.74 Å². The Bertz CT molecular complexity index is 526. The molecule has 1 heterocycles. The number of hydrogen-bond donors (Lipinski definition) is 1. The van der Waals surface area contributed by atoms with Crippen molar-refractivity contribution in [3.8, 4) is 0 Å². The number of hydrogen-bond acceptors (Lipinski definition) is 4. The van der Waals surface area contributed by atoms with Gasteiger partial charge in [-0.3, -0.25) is 10.1 Å². The topological polar surface area (TPSA) is 64.4 Å². The van der Waals surface area contributed by atoms with Gasteiger partial charge in [-0.1, -0.05) is 0 Å². The Labute approximate surface area is 118 Å². The van der Waals surface area contributed by atoms with Crippen molar-refractivity contribution in [2.24, 2.45) is 0 Å². The second kappa shape index (κ2) is 5.05. The molecular formula is C12H14BrFN2O3. The number of halogens is 2. The summed E-state index contributed by atoms with van der Waals surface area (Å²) in [5.74, 6) is -0.539. The number of rotatable bonds is 3. The van der Waals surface area contributed by atoms with Gasteiger partial charge in [-0.2, -0.15) is 0 Å². The Hall–Kier alpha value is -1.21. The number of ether oxygens (including phenoxy) is 1. The van der Waals surface area contributed by atoms with E-state index in [-0.39, 0.29) is 22.0 Å². The van der Waals surface area contributed by atoms with E-state index in [1.807, 2.05) is 13.8 Å². The average Bonchev–Trinajstić information content (AvgIpc) is 2.63. The smallest absolute Gasteiger partial charge is 0.293 e. The molecule has 0 aromatic heterocycles. The minimum Gasteiger partial charge on any atom is -0.376 e. The molecule has 0 aliphatic carbocycles. The lowest BCUT2D eigenvalue weighted by atomic mass is 9.94. The van der Waals surface area contributed by atoms with Gasteiger partial charge in [-0.15, -0.1) is 0 Å². The zero-order chi connectivity index (χ0) is 14.2. The van der Waals surface area contributed by atoms with Gasteiger partial charge in [0.25, 0.3) is 5.69 Å². The van der Waals surface area contributed by atoms with Gasteiger partial charge in [0.1, 0.15) is 11.5 Å². The zero-order valence-corrected chi connectivity index (χ0v) is 12.2. The third-order valence-electron chi connectivity index (χ3n) is 3.54. The Morgan fingerprint density at radius 3 is 2.84 bits per heavy atom. The maximum Gasteiger partial charge on any atom is 0.293 e. The van der Waals surface area contributed by atoms with Crippen LogP contribution in [-0.2, 0) is 4.74 Å². The summed E-state index contributed by atoms with van der Waals surface area (Å²) in [6, 6.07) is 2.31. The van der Waals surface area contributed by atoms with Gasteiger partial charge < -0.3 is 10.1 Å². The number of nitro benzene ring substituents is 1. The molecule has 0 radical (unpaired) electrons.